The number of nitrogens with zero attached hydrogens (tertiary/aromatic N) is 4. The zero-order valence-corrected chi connectivity index (χ0v) is 16.0. The SMILES string of the molecule is CN(C)C(=O)c1cccc(NC(=O)CSc2nnc(-c3ccco3)n2C)c1. The van der Waals surface area contributed by atoms with Crippen LogP contribution in [0.15, 0.2) is 52.2 Å². The fourth-order valence-corrected chi connectivity index (χ4v) is 3.09. The second-order valence-electron chi connectivity index (χ2n) is 5.96. The van der Waals surface area contributed by atoms with Crippen molar-refractivity contribution in [2.24, 2.45) is 7.05 Å². The third kappa shape index (κ3) is 4.37. The van der Waals surface area contributed by atoms with Crippen molar-refractivity contribution >= 4 is 29.3 Å². The van der Waals surface area contributed by atoms with Crippen molar-refractivity contribution in [2.45, 2.75) is 5.16 Å². The van der Waals surface area contributed by atoms with Crippen LogP contribution in [0.2, 0.25) is 0 Å². The van der Waals surface area contributed by atoms with Crippen molar-refractivity contribution in [3.05, 3.63) is 48.2 Å². The van der Waals surface area contributed by atoms with Gasteiger partial charge < -0.3 is 19.2 Å². The van der Waals surface area contributed by atoms with Crippen LogP contribution in [-0.2, 0) is 11.8 Å². The highest BCUT2D eigenvalue weighted by Gasteiger charge is 2.15. The van der Waals surface area contributed by atoms with Gasteiger partial charge in [0.2, 0.25) is 5.91 Å². The number of amides is 2. The van der Waals surface area contributed by atoms with Gasteiger partial charge in [-0.05, 0) is 30.3 Å². The minimum atomic E-state index is -0.197. The average Bonchev–Trinajstić information content (AvgIpc) is 3.29. The molecule has 0 bridgehead atoms. The number of furan rings is 1. The van der Waals surface area contributed by atoms with E-state index in [0.717, 1.165) is 0 Å². The smallest absolute Gasteiger partial charge is 0.253 e. The number of rotatable bonds is 6. The standard InChI is InChI=1S/C18H19N5O3S/c1-22(2)17(25)12-6-4-7-13(10-12)19-15(24)11-27-18-21-20-16(23(18)3)14-8-5-9-26-14/h4-10H,11H2,1-3H3,(H,19,24). The molecule has 0 aliphatic heterocycles. The summed E-state index contributed by atoms with van der Waals surface area (Å²) in [5, 5.41) is 11.6. The lowest BCUT2D eigenvalue weighted by Crippen LogP contribution is -2.22. The molecule has 0 atom stereocenters. The molecule has 0 aliphatic rings. The van der Waals surface area contributed by atoms with E-state index >= 15 is 0 Å². The lowest BCUT2D eigenvalue weighted by Gasteiger charge is -2.11. The van der Waals surface area contributed by atoms with Gasteiger partial charge in [-0.3, -0.25) is 9.59 Å². The number of hydrogen-bond donors (Lipinski definition) is 1. The van der Waals surface area contributed by atoms with Crippen molar-refractivity contribution in [2.75, 3.05) is 25.2 Å². The van der Waals surface area contributed by atoms with E-state index in [4.69, 9.17) is 4.42 Å². The Bertz CT molecular complexity index is 950. The molecule has 27 heavy (non-hydrogen) atoms. The number of anilines is 1. The van der Waals surface area contributed by atoms with Crippen LogP contribution in [0.5, 0.6) is 0 Å². The van der Waals surface area contributed by atoms with Crippen LogP contribution in [0.3, 0.4) is 0 Å². The van der Waals surface area contributed by atoms with Gasteiger partial charge in [0.1, 0.15) is 0 Å². The van der Waals surface area contributed by atoms with Crippen molar-refractivity contribution in [3.63, 3.8) is 0 Å². The molecule has 0 radical (unpaired) electrons. The van der Waals surface area contributed by atoms with Crippen molar-refractivity contribution in [1.82, 2.24) is 19.7 Å². The zero-order valence-electron chi connectivity index (χ0n) is 15.2. The summed E-state index contributed by atoms with van der Waals surface area (Å²) in [7, 11) is 5.18. The quantitative estimate of drug-likeness (QED) is 0.656. The minimum absolute atomic E-state index is 0.120. The van der Waals surface area contributed by atoms with Gasteiger partial charge in [0, 0.05) is 32.4 Å². The van der Waals surface area contributed by atoms with E-state index in [1.54, 1.807) is 61.3 Å². The highest BCUT2D eigenvalue weighted by Crippen LogP contribution is 2.23. The predicted octanol–water partition coefficient (Wildman–Crippen LogP) is 2.51. The molecule has 0 aliphatic carbocycles. The van der Waals surface area contributed by atoms with Gasteiger partial charge in [-0.1, -0.05) is 17.8 Å². The van der Waals surface area contributed by atoms with Gasteiger partial charge in [0.15, 0.2) is 16.7 Å². The van der Waals surface area contributed by atoms with Crippen LogP contribution in [-0.4, -0.2) is 51.3 Å². The molecule has 3 rings (SSSR count). The fraction of sp³-hybridized carbons (Fsp3) is 0.222. The number of carbonyl (C=O) groups excluding carboxylic acids is 2. The maximum Gasteiger partial charge on any atom is 0.253 e. The summed E-state index contributed by atoms with van der Waals surface area (Å²) in [4.78, 5) is 25.7. The van der Waals surface area contributed by atoms with E-state index in [1.807, 2.05) is 7.05 Å². The molecule has 8 nitrogen and oxygen atoms in total. The normalized spacial score (nSPS) is 10.6. The lowest BCUT2D eigenvalue weighted by molar-refractivity contribution is -0.113. The van der Waals surface area contributed by atoms with E-state index < -0.39 is 0 Å². The number of nitrogens with one attached hydrogen (secondary N) is 1. The summed E-state index contributed by atoms with van der Waals surface area (Å²) in [6.07, 6.45) is 1.57. The number of hydrogen-bond acceptors (Lipinski definition) is 6. The average molecular weight is 385 g/mol. The summed E-state index contributed by atoms with van der Waals surface area (Å²) < 4.78 is 7.09. The topological polar surface area (TPSA) is 93.3 Å². The first-order valence-corrected chi connectivity index (χ1v) is 9.12. The largest absolute Gasteiger partial charge is 0.461 e. The minimum Gasteiger partial charge on any atom is -0.461 e. The molecule has 2 aromatic heterocycles. The van der Waals surface area contributed by atoms with Crippen LogP contribution >= 0.6 is 11.8 Å². The van der Waals surface area contributed by atoms with Crippen LogP contribution in [0.1, 0.15) is 10.4 Å². The first-order chi connectivity index (χ1) is 13.0. The zero-order chi connectivity index (χ0) is 19.4. The number of aromatic nitrogens is 3. The monoisotopic (exact) mass is 385 g/mol. The maximum absolute atomic E-state index is 12.2. The Kier molecular flexibility index (Phi) is 5.60. The van der Waals surface area contributed by atoms with E-state index in [-0.39, 0.29) is 17.6 Å². The Balaban J connectivity index is 1.61. The molecule has 2 heterocycles. The van der Waals surface area contributed by atoms with Gasteiger partial charge in [0.25, 0.3) is 5.91 Å². The van der Waals surface area contributed by atoms with Crippen molar-refractivity contribution < 1.29 is 14.0 Å². The number of carbonyl (C=O) groups is 2. The Morgan fingerprint density at radius 2 is 2.04 bits per heavy atom. The molecule has 1 aromatic carbocycles. The second kappa shape index (κ2) is 8.09. The van der Waals surface area contributed by atoms with Gasteiger partial charge in [-0.2, -0.15) is 0 Å². The van der Waals surface area contributed by atoms with Gasteiger partial charge >= 0.3 is 0 Å². The first-order valence-electron chi connectivity index (χ1n) is 8.13. The molecular formula is C18H19N5O3S. The first kappa shape index (κ1) is 18.7. The van der Waals surface area contributed by atoms with Crippen molar-refractivity contribution in [1.29, 1.82) is 0 Å². The molecule has 9 heteroatoms. The molecule has 0 saturated carbocycles. The Morgan fingerprint density at radius 3 is 2.74 bits per heavy atom. The van der Waals surface area contributed by atoms with Gasteiger partial charge in [0.05, 0.1) is 12.0 Å². The summed E-state index contributed by atoms with van der Waals surface area (Å²) in [6.45, 7) is 0. The predicted molar refractivity (Wildman–Crippen MR) is 103 cm³/mol. The highest BCUT2D eigenvalue weighted by molar-refractivity contribution is 7.99. The van der Waals surface area contributed by atoms with E-state index in [2.05, 4.69) is 15.5 Å². The Morgan fingerprint density at radius 1 is 1.22 bits per heavy atom. The Labute approximate surface area is 160 Å². The second-order valence-corrected chi connectivity index (χ2v) is 6.90. The molecule has 2 amide bonds. The fourth-order valence-electron chi connectivity index (χ4n) is 2.38. The van der Waals surface area contributed by atoms with E-state index in [0.29, 0.717) is 28.0 Å². The lowest BCUT2D eigenvalue weighted by atomic mass is 10.2. The van der Waals surface area contributed by atoms with Crippen LogP contribution in [0.25, 0.3) is 11.6 Å². The summed E-state index contributed by atoms with van der Waals surface area (Å²) in [5.74, 6) is 1.05. The molecule has 1 N–H and O–H groups in total. The molecule has 0 fully saturated rings. The van der Waals surface area contributed by atoms with E-state index in [1.165, 1.54) is 16.7 Å². The van der Waals surface area contributed by atoms with E-state index in [9.17, 15) is 9.59 Å². The third-order valence-corrected chi connectivity index (χ3v) is 4.73. The Hall–Kier alpha value is -3.07. The maximum atomic E-state index is 12.2. The summed E-state index contributed by atoms with van der Waals surface area (Å²) in [6, 6.07) is 10.4. The van der Waals surface area contributed by atoms with Crippen LogP contribution in [0, 0.1) is 0 Å². The summed E-state index contributed by atoms with van der Waals surface area (Å²) in [5.41, 5.74) is 1.09. The third-order valence-electron chi connectivity index (χ3n) is 3.71. The molecule has 0 unspecified atom stereocenters. The van der Waals surface area contributed by atoms with Crippen molar-refractivity contribution in [3.8, 4) is 11.6 Å². The van der Waals surface area contributed by atoms with Crippen LogP contribution < -0.4 is 5.32 Å². The summed E-state index contributed by atoms with van der Waals surface area (Å²) >= 11 is 1.27. The molecular weight excluding hydrogens is 366 g/mol. The molecule has 3 aromatic rings. The van der Waals surface area contributed by atoms with Gasteiger partial charge in [-0.25, -0.2) is 0 Å². The van der Waals surface area contributed by atoms with Crippen LogP contribution in [0.4, 0.5) is 5.69 Å². The highest BCUT2D eigenvalue weighted by atomic mass is 32.2. The molecule has 0 spiro atoms. The molecule has 0 saturated heterocycles. The molecule has 140 valence electrons. The number of benzene rings is 1. The van der Waals surface area contributed by atoms with Gasteiger partial charge in [-0.15, -0.1) is 10.2 Å². The number of thioether (sulfide) groups is 1.